The highest BCUT2D eigenvalue weighted by Crippen LogP contribution is 2.28. The zero-order valence-corrected chi connectivity index (χ0v) is 20.0. The Bertz CT molecular complexity index is 1270. The smallest absolute Gasteiger partial charge is 0.293 e. The second-order valence-corrected chi connectivity index (χ2v) is 8.84. The zero-order chi connectivity index (χ0) is 24.4. The quantitative estimate of drug-likeness (QED) is 0.545. The van der Waals surface area contributed by atoms with E-state index in [4.69, 9.17) is 16.3 Å². The molecular formula is C23H27ClN6O4. The number of nitrogens with one attached hydrogen (secondary N) is 1. The van der Waals surface area contributed by atoms with Crippen LogP contribution in [0.3, 0.4) is 0 Å². The maximum absolute atomic E-state index is 12.6. The van der Waals surface area contributed by atoms with Crippen molar-refractivity contribution in [2.24, 2.45) is 7.05 Å². The molecule has 2 N–H and O–H groups in total. The summed E-state index contributed by atoms with van der Waals surface area (Å²) in [6.45, 7) is 1.12. The van der Waals surface area contributed by atoms with E-state index in [1.54, 1.807) is 33.4 Å². The van der Waals surface area contributed by atoms with E-state index in [0.717, 1.165) is 5.39 Å². The van der Waals surface area contributed by atoms with Crippen LogP contribution in [-0.4, -0.2) is 70.3 Å². The number of pyridine rings is 1. The van der Waals surface area contributed by atoms with E-state index in [1.807, 2.05) is 23.1 Å². The third kappa shape index (κ3) is 5.07. The van der Waals surface area contributed by atoms with Crippen molar-refractivity contribution in [1.29, 1.82) is 0 Å². The van der Waals surface area contributed by atoms with Gasteiger partial charge in [0.25, 0.3) is 11.5 Å². The van der Waals surface area contributed by atoms with Crippen LogP contribution in [0.25, 0.3) is 10.9 Å². The van der Waals surface area contributed by atoms with Gasteiger partial charge in [0.1, 0.15) is 5.02 Å². The third-order valence-corrected chi connectivity index (χ3v) is 6.06. The number of halogens is 1. The number of benzene rings is 1. The maximum atomic E-state index is 12.6. The molecule has 3 aromatic rings. The summed E-state index contributed by atoms with van der Waals surface area (Å²) >= 11 is 6.35. The van der Waals surface area contributed by atoms with Crippen molar-refractivity contribution in [3.63, 3.8) is 0 Å². The van der Waals surface area contributed by atoms with E-state index in [2.05, 4.69) is 15.3 Å². The summed E-state index contributed by atoms with van der Waals surface area (Å²) < 4.78 is 6.99. The first kappa shape index (κ1) is 23.8. The molecule has 1 fully saturated rings. The molecule has 10 nitrogen and oxygen atoms in total. The Hall–Kier alpha value is -3.37. The summed E-state index contributed by atoms with van der Waals surface area (Å²) in [6, 6.07) is 7.12. The van der Waals surface area contributed by atoms with Crippen molar-refractivity contribution in [3.05, 3.63) is 45.8 Å². The van der Waals surface area contributed by atoms with Crippen LogP contribution in [0.2, 0.25) is 5.02 Å². The topological polar surface area (TPSA) is 113 Å². The highest BCUT2D eigenvalue weighted by atomic mass is 35.5. The summed E-state index contributed by atoms with van der Waals surface area (Å²) in [7, 11) is 4.91. The van der Waals surface area contributed by atoms with Gasteiger partial charge in [-0.3, -0.25) is 9.59 Å². The number of ether oxygens (including phenoxy) is 1. The van der Waals surface area contributed by atoms with E-state index in [-0.39, 0.29) is 29.9 Å². The number of rotatable bonds is 6. The predicted octanol–water partition coefficient (Wildman–Crippen LogP) is 2.15. The molecule has 0 saturated carbocycles. The van der Waals surface area contributed by atoms with E-state index in [0.29, 0.717) is 53.9 Å². The fourth-order valence-electron chi connectivity index (χ4n) is 3.70. The first-order valence-corrected chi connectivity index (χ1v) is 11.3. The summed E-state index contributed by atoms with van der Waals surface area (Å²) in [6.07, 6.45) is 2.60. The van der Waals surface area contributed by atoms with Crippen LogP contribution in [0, 0.1) is 0 Å². The van der Waals surface area contributed by atoms with Gasteiger partial charge < -0.3 is 29.5 Å². The second kappa shape index (κ2) is 9.86. The molecule has 11 heteroatoms. The summed E-state index contributed by atoms with van der Waals surface area (Å²) in [5.41, 5.74) is 1.10. The molecule has 180 valence electrons. The highest BCUT2D eigenvalue weighted by Gasteiger charge is 2.20. The molecule has 3 heterocycles. The van der Waals surface area contributed by atoms with Crippen LogP contribution in [0.5, 0.6) is 5.75 Å². The van der Waals surface area contributed by atoms with Crippen LogP contribution in [-0.2, 0) is 11.8 Å². The standard InChI is InChI=1S/C23H27ClN6O4/c1-28(2)20(32)13-34-19-11-14-10-15(4-5-18(14)29(3)22(19)33)26-21-17(24)12-25-23(27-21)30-8-6-16(31)7-9-30/h4-5,10-12,16,31H,6-9,13H2,1-3H3,(H,25,26,27). The van der Waals surface area contributed by atoms with Crippen molar-refractivity contribution in [1.82, 2.24) is 19.4 Å². The van der Waals surface area contributed by atoms with E-state index < -0.39 is 0 Å². The lowest BCUT2D eigenvalue weighted by Crippen LogP contribution is -2.36. The third-order valence-electron chi connectivity index (χ3n) is 5.78. The lowest BCUT2D eigenvalue weighted by Gasteiger charge is -2.29. The minimum absolute atomic E-state index is 0.0944. The van der Waals surface area contributed by atoms with Crippen molar-refractivity contribution in [2.45, 2.75) is 18.9 Å². The van der Waals surface area contributed by atoms with Crippen LogP contribution >= 0.6 is 11.6 Å². The number of aliphatic hydroxyl groups excluding tert-OH is 1. The molecule has 1 aromatic carbocycles. The number of hydrogen-bond acceptors (Lipinski definition) is 8. The van der Waals surface area contributed by atoms with Crippen molar-refractivity contribution >= 4 is 45.9 Å². The number of likely N-dealkylation sites (N-methyl/N-ethyl adjacent to an activating group) is 1. The first-order chi connectivity index (χ1) is 16.2. The Balaban J connectivity index is 1.60. The molecule has 1 amide bonds. The number of nitrogens with zero attached hydrogens (tertiary/aromatic N) is 5. The molecule has 0 unspecified atom stereocenters. The van der Waals surface area contributed by atoms with Gasteiger partial charge in [-0.05, 0) is 37.1 Å². The first-order valence-electron chi connectivity index (χ1n) is 10.9. The average molecular weight is 487 g/mol. The summed E-state index contributed by atoms with van der Waals surface area (Å²) in [5, 5.41) is 14.1. The lowest BCUT2D eigenvalue weighted by molar-refractivity contribution is -0.130. The number of carbonyl (C=O) groups is 1. The van der Waals surface area contributed by atoms with Crippen LogP contribution < -0.4 is 20.5 Å². The zero-order valence-electron chi connectivity index (χ0n) is 19.3. The second-order valence-electron chi connectivity index (χ2n) is 8.43. The summed E-state index contributed by atoms with van der Waals surface area (Å²) in [4.78, 5) is 36.8. The van der Waals surface area contributed by atoms with Crippen LogP contribution in [0.4, 0.5) is 17.5 Å². The Labute approximate surface area is 201 Å². The Kier molecular flexibility index (Phi) is 6.90. The van der Waals surface area contributed by atoms with Gasteiger partial charge in [-0.25, -0.2) is 4.98 Å². The van der Waals surface area contributed by atoms with Gasteiger partial charge in [0.2, 0.25) is 5.95 Å². The molecule has 0 aliphatic carbocycles. The van der Waals surface area contributed by atoms with Gasteiger partial charge in [0, 0.05) is 45.3 Å². The molecular weight excluding hydrogens is 460 g/mol. The van der Waals surface area contributed by atoms with Gasteiger partial charge in [-0.1, -0.05) is 11.6 Å². The number of aliphatic hydroxyl groups is 1. The van der Waals surface area contributed by atoms with Crippen LogP contribution in [0.1, 0.15) is 12.8 Å². The average Bonchev–Trinajstić information content (AvgIpc) is 2.82. The SMILES string of the molecule is CN(C)C(=O)COc1cc2cc(Nc3nc(N4CCC(O)CC4)ncc3Cl)ccc2n(C)c1=O. The normalized spacial score (nSPS) is 14.3. The molecule has 0 radical (unpaired) electrons. The minimum atomic E-state index is -0.324. The fourth-order valence-corrected chi connectivity index (χ4v) is 3.84. The molecule has 34 heavy (non-hydrogen) atoms. The van der Waals surface area contributed by atoms with Crippen LogP contribution in [0.15, 0.2) is 35.3 Å². The molecule has 0 bridgehead atoms. The van der Waals surface area contributed by atoms with Gasteiger partial charge in [0.15, 0.2) is 18.2 Å². The van der Waals surface area contributed by atoms with Gasteiger partial charge in [-0.15, -0.1) is 0 Å². The summed E-state index contributed by atoms with van der Waals surface area (Å²) in [5.74, 6) is 0.852. The van der Waals surface area contributed by atoms with Crippen molar-refractivity contribution in [3.8, 4) is 5.75 Å². The minimum Gasteiger partial charge on any atom is -0.478 e. The predicted molar refractivity (Wildman–Crippen MR) is 131 cm³/mol. The van der Waals surface area contributed by atoms with E-state index in [1.165, 1.54) is 9.47 Å². The van der Waals surface area contributed by atoms with E-state index in [9.17, 15) is 14.7 Å². The Morgan fingerprint density at radius 1 is 1.29 bits per heavy atom. The van der Waals surface area contributed by atoms with Crippen molar-refractivity contribution < 1.29 is 14.6 Å². The maximum Gasteiger partial charge on any atom is 0.293 e. The van der Waals surface area contributed by atoms with Crippen molar-refractivity contribution in [2.75, 3.05) is 44.0 Å². The number of piperidine rings is 1. The van der Waals surface area contributed by atoms with Gasteiger partial charge in [-0.2, -0.15) is 4.98 Å². The number of amides is 1. The fraction of sp³-hybridized carbons (Fsp3) is 0.391. The number of anilines is 3. The molecule has 0 spiro atoms. The largest absolute Gasteiger partial charge is 0.478 e. The number of hydrogen-bond donors (Lipinski definition) is 2. The number of carbonyl (C=O) groups excluding carboxylic acids is 1. The number of aromatic nitrogens is 3. The highest BCUT2D eigenvalue weighted by molar-refractivity contribution is 6.32. The lowest BCUT2D eigenvalue weighted by atomic mass is 10.1. The molecule has 4 rings (SSSR count). The Morgan fingerprint density at radius 2 is 2.03 bits per heavy atom. The van der Waals surface area contributed by atoms with Gasteiger partial charge >= 0.3 is 0 Å². The molecule has 1 aliphatic heterocycles. The number of aryl methyl sites for hydroxylation is 1. The molecule has 1 saturated heterocycles. The number of fused-ring (bicyclic) bond motifs is 1. The van der Waals surface area contributed by atoms with Gasteiger partial charge in [0.05, 0.1) is 17.8 Å². The van der Waals surface area contributed by atoms with E-state index >= 15 is 0 Å². The Morgan fingerprint density at radius 3 is 2.74 bits per heavy atom. The monoisotopic (exact) mass is 486 g/mol. The molecule has 2 aromatic heterocycles. The molecule has 1 aliphatic rings. The molecule has 0 atom stereocenters.